The van der Waals surface area contributed by atoms with Crippen molar-refractivity contribution < 1.29 is 0 Å². The zero-order chi connectivity index (χ0) is 10.6. The minimum atomic E-state index is 0. The number of hydrogen-bond acceptors (Lipinski definition) is 2. The van der Waals surface area contributed by atoms with Crippen LogP contribution in [-0.4, -0.2) is 6.26 Å². The van der Waals surface area contributed by atoms with E-state index in [0.29, 0.717) is 0 Å². The van der Waals surface area contributed by atoms with Crippen molar-refractivity contribution in [1.82, 2.24) is 0 Å². The number of rotatable bonds is 4. The van der Waals surface area contributed by atoms with Gasteiger partial charge < -0.3 is 5.73 Å². The number of nitrogens with two attached hydrogens (primary N) is 1. The first-order chi connectivity index (χ1) is 6.63. The molecule has 0 saturated carbocycles. The lowest BCUT2D eigenvalue weighted by atomic mass is 10.0. The Morgan fingerprint density at radius 2 is 1.93 bits per heavy atom. The van der Waals surface area contributed by atoms with E-state index in [9.17, 15) is 0 Å². The summed E-state index contributed by atoms with van der Waals surface area (Å²) in [6.07, 6.45) is 2.93. The Balaban J connectivity index is 0.00000196. The van der Waals surface area contributed by atoms with E-state index in [1.807, 2.05) is 6.92 Å². The third-order valence-corrected chi connectivity index (χ3v) is 2.86. The Hall–Kier alpha value is -0.440. The molecule has 0 aromatic heterocycles. The van der Waals surface area contributed by atoms with E-state index in [1.165, 1.54) is 10.5 Å². The first-order valence-electron chi connectivity index (χ1n) is 4.67. The lowest BCUT2D eigenvalue weighted by Gasteiger charge is -2.11. The van der Waals surface area contributed by atoms with Gasteiger partial charge in [-0.05, 0) is 37.3 Å². The van der Waals surface area contributed by atoms with Crippen molar-refractivity contribution in [2.75, 3.05) is 6.26 Å². The minimum absolute atomic E-state index is 0. The average molecular weight is 244 g/mol. The summed E-state index contributed by atoms with van der Waals surface area (Å²) in [6, 6.07) is 8.50. The lowest BCUT2D eigenvalue weighted by Crippen LogP contribution is -2.10. The molecule has 0 heterocycles. The summed E-state index contributed by atoms with van der Waals surface area (Å²) in [5, 5.41) is 0. The Morgan fingerprint density at radius 1 is 1.40 bits per heavy atom. The smallest absolute Gasteiger partial charge is 0.0332 e. The van der Waals surface area contributed by atoms with Crippen LogP contribution in [0.25, 0.3) is 0 Å². The SMILES string of the molecule is C=C(C)C[C@@H](N)c1ccc(SC)cc1.Cl. The van der Waals surface area contributed by atoms with Crippen molar-refractivity contribution in [2.24, 2.45) is 5.73 Å². The molecule has 1 nitrogen and oxygen atoms in total. The Bertz CT molecular complexity index is 308. The first-order valence-corrected chi connectivity index (χ1v) is 5.90. The van der Waals surface area contributed by atoms with Crippen molar-refractivity contribution in [2.45, 2.75) is 24.3 Å². The standard InChI is InChI=1S/C12H17NS.ClH/c1-9(2)8-12(13)10-4-6-11(14-3)7-5-10;/h4-7,12H,1,8,13H2,2-3H3;1H/t12-;/m1./s1. The first kappa shape index (κ1) is 14.6. The summed E-state index contributed by atoms with van der Waals surface area (Å²) in [7, 11) is 0. The highest BCUT2D eigenvalue weighted by Crippen LogP contribution is 2.21. The van der Waals surface area contributed by atoms with E-state index >= 15 is 0 Å². The molecule has 0 aliphatic carbocycles. The van der Waals surface area contributed by atoms with Gasteiger partial charge in [0.2, 0.25) is 0 Å². The summed E-state index contributed by atoms with van der Waals surface area (Å²) in [4.78, 5) is 1.27. The number of benzene rings is 1. The van der Waals surface area contributed by atoms with Crippen molar-refractivity contribution in [3.63, 3.8) is 0 Å². The molecule has 2 N–H and O–H groups in total. The van der Waals surface area contributed by atoms with Crippen molar-refractivity contribution in [1.29, 1.82) is 0 Å². The van der Waals surface area contributed by atoms with E-state index in [2.05, 4.69) is 37.1 Å². The molecule has 1 rings (SSSR count). The quantitative estimate of drug-likeness (QED) is 0.643. The topological polar surface area (TPSA) is 26.0 Å². The van der Waals surface area contributed by atoms with Gasteiger partial charge in [-0.1, -0.05) is 17.7 Å². The molecule has 1 aromatic rings. The maximum Gasteiger partial charge on any atom is 0.0332 e. The summed E-state index contributed by atoms with van der Waals surface area (Å²) in [5.74, 6) is 0. The van der Waals surface area contributed by atoms with Crippen molar-refractivity contribution in [3.05, 3.63) is 42.0 Å². The third-order valence-electron chi connectivity index (χ3n) is 2.11. The molecule has 84 valence electrons. The Kier molecular flexibility index (Phi) is 6.73. The van der Waals surface area contributed by atoms with Crippen LogP contribution >= 0.6 is 24.2 Å². The van der Waals surface area contributed by atoms with Gasteiger partial charge in [0.25, 0.3) is 0 Å². The number of hydrogen-bond donors (Lipinski definition) is 1. The average Bonchev–Trinajstić information content (AvgIpc) is 2.17. The van der Waals surface area contributed by atoms with Crippen LogP contribution in [0, 0.1) is 0 Å². The molecule has 0 radical (unpaired) electrons. The second kappa shape index (κ2) is 6.94. The predicted octanol–water partition coefficient (Wildman–Crippen LogP) is 3.80. The normalized spacial score (nSPS) is 11.7. The molecule has 0 bridgehead atoms. The highest BCUT2D eigenvalue weighted by molar-refractivity contribution is 7.98. The zero-order valence-corrected chi connectivity index (χ0v) is 10.8. The van der Waals surface area contributed by atoms with Gasteiger partial charge in [-0.15, -0.1) is 30.7 Å². The maximum atomic E-state index is 6.02. The van der Waals surface area contributed by atoms with Crippen molar-refractivity contribution in [3.8, 4) is 0 Å². The second-order valence-electron chi connectivity index (χ2n) is 3.54. The molecular weight excluding hydrogens is 226 g/mol. The largest absolute Gasteiger partial charge is 0.324 e. The maximum absolute atomic E-state index is 6.02. The van der Waals surface area contributed by atoms with E-state index in [4.69, 9.17) is 5.73 Å². The zero-order valence-electron chi connectivity index (χ0n) is 9.19. The molecule has 0 unspecified atom stereocenters. The molecule has 0 amide bonds. The van der Waals surface area contributed by atoms with Gasteiger partial charge in [0.15, 0.2) is 0 Å². The van der Waals surface area contributed by atoms with Crippen LogP contribution in [0.15, 0.2) is 41.3 Å². The highest BCUT2D eigenvalue weighted by atomic mass is 35.5. The van der Waals surface area contributed by atoms with Crippen LogP contribution < -0.4 is 5.73 Å². The fraction of sp³-hybridized carbons (Fsp3) is 0.333. The second-order valence-corrected chi connectivity index (χ2v) is 4.42. The van der Waals surface area contributed by atoms with E-state index in [1.54, 1.807) is 11.8 Å². The van der Waals surface area contributed by atoms with Crippen LogP contribution in [0.2, 0.25) is 0 Å². The molecule has 0 aliphatic rings. The Labute approximate surface area is 103 Å². The van der Waals surface area contributed by atoms with Crippen molar-refractivity contribution >= 4 is 24.2 Å². The summed E-state index contributed by atoms with van der Waals surface area (Å²) in [6.45, 7) is 5.88. The van der Waals surface area contributed by atoms with Gasteiger partial charge in [0.1, 0.15) is 0 Å². The van der Waals surface area contributed by atoms with E-state index in [0.717, 1.165) is 12.0 Å². The van der Waals surface area contributed by atoms with Crippen LogP contribution in [0.5, 0.6) is 0 Å². The van der Waals surface area contributed by atoms with Gasteiger partial charge in [-0.2, -0.15) is 0 Å². The predicted molar refractivity (Wildman–Crippen MR) is 71.8 cm³/mol. The van der Waals surface area contributed by atoms with Gasteiger partial charge in [-0.3, -0.25) is 0 Å². The summed E-state index contributed by atoms with van der Waals surface area (Å²) in [5.41, 5.74) is 8.34. The molecule has 15 heavy (non-hydrogen) atoms. The molecule has 3 heteroatoms. The molecule has 1 atom stereocenters. The summed E-state index contributed by atoms with van der Waals surface area (Å²) < 4.78 is 0. The van der Waals surface area contributed by atoms with Gasteiger partial charge in [0, 0.05) is 10.9 Å². The fourth-order valence-corrected chi connectivity index (χ4v) is 1.75. The van der Waals surface area contributed by atoms with Crippen LogP contribution in [-0.2, 0) is 0 Å². The van der Waals surface area contributed by atoms with Crippen LogP contribution in [0.1, 0.15) is 24.9 Å². The van der Waals surface area contributed by atoms with E-state index in [-0.39, 0.29) is 18.4 Å². The lowest BCUT2D eigenvalue weighted by molar-refractivity contribution is 0.716. The van der Waals surface area contributed by atoms with Crippen LogP contribution in [0.4, 0.5) is 0 Å². The van der Waals surface area contributed by atoms with Gasteiger partial charge in [0.05, 0.1) is 0 Å². The number of halogens is 1. The molecule has 0 saturated heterocycles. The van der Waals surface area contributed by atoms with Gasteiger partial charge >= 0.3 is 0 Å². The monoisotopic (exact) mass is 243 g/mol. The molecule has 0 fully saturated rings. The highest BCUT2D eigenvalue weighted by Gasteiger charge is 2.05. The van der Waals surface area contributed by atoms with Gasteiger partial charge in [-0.25, -0.2) is 0 Å². The summed E-state index contributed by atoms with van der Waals surface area (Å²) >= 11 is 1.74. The molecular formula is C12H18ClNS. The number of thioether (sulfide) groups is 1. The molecule has 0 spiro atoms. The molecule has 1 aromatic carbocycles. The Morgan fingerprint density at radius 3 is 2.33 bits per heavy atom. The molecule has 0 aliphatic heterocycles. The van der Waals surface area contributed by atoms with E-state index < -0.39 is 0 Å². The minimum Gasteiger partial charge on any atom is -0.324 e. The fourth-order valence-electron chi connectivity index (χ4n) is 1.34. The van der Waals surface area contributed by atoms with Crippen LogP contribution in [0.3, 0.4) is 0 Å². The third kappa shape index (κ3) is 4.74.